The fourth-order valence-electron chi connectivity index (χ4n) is 2.28. The van der Waals surface area contributed by atoms with Crippen LogP contribution >= 0.6 is 15.9 Å². The standard InChI is InChI=1S/C20H22BrNO2/c1-5-13(2)20(23)22-19-10-9-16(21)12-18(19)14(3)15-7-6-8-17(11-15)24-4/h6-13H,3,5H2,1-2,4H3,(H,22,23). The van der Waals surface area contributed by atoms with E-state index in [4.69, 9.17) is 4.74 Å². The van der Waals surface area contributed by atoms with E-state index in [0.29, 0.717) is 0 Å². The van der Waals surface area contributed by atoms with Crippen molar-refractivity contribution in [2.75, 3.05) is 12.4 Å². The highest BCUT2D eigenvalue weighted by molar-refractivity contribution is 9.10. The number of amides is 1. The number of ether oxygens (including phenoxy) is 1. The Morgan fingerprint density at radius 3 is 2.71 bits per heavy atom. The quantitative estimate of drug-likeness (QED) is 0.709. The lowest BCUT2D eigenvalue weighted by Crippen LogP contribution is -2.20. The van der Waals surface area contributed by atoms with Gasteiger partial charge in [-0.2, -0.15) is 0 Å². The second-order valence-corrected chi connectivity index (χ2v) is 6.61. The van der Waals surface area contributed by atoms with Gasteiger partial charge in [-0.05, 0) is 47.9 Å². The minimum atomic E-state index is -0.0356. The van der Waals surface area contributed by atoms with Crippen LogP contribution < -0.4 is 10.1 Å². The van der Waals surface area contributed by atoms with Gasteiger partial charge in [-0.3, -0.25) is 4.79 Å². The van der Waals surface area contributed by atoms with Crippen LogP contribution in [0.5, 0.6) is 5.75 Å². The van der Waals surface area contributed by atoms with Crippen molar-refractivity contribution in [3.8, 4) is 5.75 Å². The lowest BCUT2D eigenvalue weighted by Gasteiger charge is -2.16. The van der Waals surface area contributed by atoms with Crippen LogP contribution in [0.3, 0.4) is 0 Å². The van der Waals surface area contributed by atoms with Crippen molar-refractivity contribution in [1.29, 1.82) is 0 Å². The zero-order valence-electron chi connectivity index (χ0n) is 14.2. The van der Waals surface area contributed by atoms with Crippen LogP contribution in [0, 0.1) is 5.92 Å². The van der Waals surface area contributed by atoms with Gasteiger partial charge in [-0.25, -0.2) is 0 Å². The average molecular weight is 388 g/mol. The molecule has 1 N–H and O–H groups in total. The molecular formula is C20H22BrNO2. The van der Waals surface area contributed by atoms with Crippen LogP contribution in [0.2, 0.25) is 0 Å². The molecule has 0 fully saturated rings. The molecule has 0 aromatic heterocycles. The lowest BCUT2D eigenvalue weighted by molar-refractivity contribution is -0.119. The molecule has 2 rings (SSSR count). The minimum Gasteiger partial charge on any atom is -0.497 e. The number of rotatable bonds is 6. The third kappa shape index (κ3) is 4.26. The van der Waals surface area contributed by atoms with Gasteiger partial charge < -0.3 is 10.1 Å². The summed E-state index contributed by atoms with van der Waals surface area (Å²) in [7, 11) is 1.64. The number of anilines is 1. The Hall–Kier alpha value is -2.07. The Labute approximate surface area is 151 Å². The Balaban J connectivity index is 2.39. The second-order valence-electron chi connectivity index (χ2n) is 5.70. The van der Waals surface area contributed by atoms with Gasteiger partial charge in [0.1, 0.15) is 5.75 Å². The molecule has 24 heavy (non-hydrogen) atoms. The molecule has 0 saturated heterocycles. The number of methoxy groups -OCH3 is 1. The van der Waals surface area contributed by atoms with Crippen molar-refractivity contribution in [3.05, 3.63) is 64.6 Å². The number of hydrogen-bond donors (Lipinski definition) is 1. The van der Waals surface area contributed by atoms with E-state index in [1.807, 2.05) is 56.3 Å². The van der Waals surface area contributed by atoms with Crippen molar-refractivity contribution in [3.63, 3.8) is 0 Å². The summed E-state index contributed by atoms with van der Waals surface area (Å²) < 4.78 is 6.22. The number of hydrogen-bond acceptors (Lipinski definition) is 2. The van der Waals surface area contributed by atoms with Crippen molar-refractivity contribution in [2.45, 2.75) is 20.3 Å². The average Bonchev–Trinajstić information content (AvgIpc) is 2.61. The first-order valence-corrected chi connectivity index (χ1v) is 8.69. The summed E-state index contributed by atoms with van der Waals surface area (Å²) >= 11 is 3.50. The summed E-state index contributed by atoms with van der Waals surface area (Å²) in [6, 6.07) is 13.5. The van der Waals surface area contributed by atoms with E-state index in [-0.39, 0.29) is 11.8 Å². The van der Waals surface area contributed by atoms with Gasteiger partial charge in [0.15, 0.2) is 0 Å². The highest BCUT2D eigenvalue weighted by Gasteiger charge is 2.15. The predicted octanol–water partition coefficient (Wildman–Crippen LogP) is 5.50. The number of nitrogens with one attached hydrogen (secondary N) is 1. The molecule has 0 aliphatic carbocycles. The SMILES string of the molecule is C=C(c1cccc(OC)c1)c1cc(Br)ccc1NC(=O)C(C)CC. The molecule has 3 nitrogen and oxygen atoms in total. The molecule has 1 amide bonds. The van der Waals surface area contributed by atoms with E-state index in [1.165, 1.54) is 0 Å². The molecule has 0 heterocycles. The predicted molar refractivity (Wildman–Crippen MR) is 103 cm³/mol. The summed E-state index contributed by atoms with van der Waals surface area (Å²) in [5, 5.41) is 3.02. The first-order chi connectivity index (χ1) is 11.5. The van der Waals surface area contributed by atoms with Gasteiger partial charge in [0.25, 0.3) is 0 Å². The van der Waals surface area contributed by atoms with E-state index in [9.17, 15) is 4.79 Å². The van der Waals surface area contributed by atoms with E-state index < -0.39 is 0 Å². The zero-order valence-corrected chi connectivity index (χ0v) is 15.8. The Morgan fingerprint density at radius 1 is 1.29 bits per heavy atom. The number of halogens is 1. The van der Waals surface area contributed by atoms with Gasteiger partial charge in [0, 0.05) is 21.6 Å². The minimum absolute atomic E-state index is 0.0134. The molecule has 2 aromatic rings. The van der Waals surface area contributed by atoms with Gasteiger partial charge in [0.05, 0.1) is 7.11 Å². The third-order valence-electron chi connectivity index (χ3n) is 4.04. The Bertz CT molecular complexity index is 755. The molecule has 0 saturated carbocycles. The third-order valence-corrected chi connectivity index (χ3v) is 4.54. The van der Waals surface area contributed by atoms with Crippen LogP contribution in [0.25, 0.3) is 5.57 Å². The van der Waals surface area contributed by atoms with E-state index >= 15 is 0 Å². The Morgan fingerprint density at radius 2 is 2.04 bits per heavy atom. The largest absolute Gasteiger partial charge is 0.497 e. The highest BCUT2D eigenvalue weighted by atomic mass is 79.9. The monoisotopic (exact) mass is 387 g/mol. The van der Waals surface area contributed by atoms with Gasteiger partial charge in [-0.15, -0.1) is 0 Å². The molecular weight excluding hydrogens is 366 g/mol. The molecule has 0 bridgehead atoms. The van der Waals surface area contributed by atoms with Gasteiger partial charge in [-0.1, -0.05) is 48.5 Å². The van der Waals surface area contributed by atoms with Crippen LogP contribution in [-0.4, -0.2) is 13.0 Å². The van der Waals surface area contributed by atoms with Crippen LogP contribution in [0.15, 0.2) is 53.5 Å². The summed E-state index contributed by atoms with van der Waals surface area (Å²) in [5.74, 6) is 0.750. The van der Waals surface area contributed by atoms with Crippen molar-refractivity contribution in [2.24, 2.45) is 5.92 Å². The number of carbonyl (C=O) groups excluding carboxylic acids is 1. The van der Waals surface area contributed by atoms with Crippen LogP contribution in [0.4, 0.5) is 5.69 Å². The van der Waals surface area contributed by atoms with Crippen molar-refractivity contribution < 1.29 is 9.53 Å². The molecule has 0 spiro atoms. The number of carbonyl (C=O) groups is 1. The topological polar surface area (TPSA) is 38.3 Å². The first kappa shape index (κ1) is 18.3. The summed E-state index contributed by atoms with van der Waals surface area (Å²) in [5.41, 5.74) is 3.42. The summed E-state index contributed by atoms with van der Waals surface area (Å²) in [6.07, 6.45) is 0.800. The first-order valence-electron chi connectivity index (χ1n) is 7.90. The normalized spacial score (nSPS) is 11.7. The number of benzene rings is 2. The van der Waals surface area contributed by atoms with E-state index in [0.717, 1.165) is 39.0 Å². The maximum absolute atomic E-state index is 12.3. The molecule has 0 radical (unpaired) electrons. The van der Waals surface area contributed by atoms with Crippen molar-refractivity contribution in [1.82, 2.24) is 0 Å². The molecule has 4 heteroatoms. The summed E-state index contributed by atoms with van der Waals surface area (Å²) in [4.78, 5) is 12.3. The molecule has 0 aliphatic heterocycles. The lowest BCUT2D eigenvalue weighted by atomic mass is 9.97. The van der Waals surface area contributed by atoms with Crippen molar-refractivity contribution >= 4 is 33.1 Å². The smallest absolute Gasteiger partial charge is 0.227 e. The van der Waals surface area contributed by atoms with E-state index in [1.54, 1.807) is 7.11 Å². The molecule has 1 atom stereocenters. The summed E-state index contributed by atoms with van der Waals surface area (Å²) in [6.45, 7) is 8.14. The zero-order chi connectivity index (χ0) is 17.7. The molecule has 2 aromatic carbocycles. The fourth-order valence-corrected chi connectivity index (χ4v) is 2.64. The van der Waals surface area contributed by atoms with Crippen LogP contribution in [-0.2, 0) is 4.79 Å². The van der Waals surface area contributed by atoms with Gasteiger partial charge >= 0.3 is 0 Å². The maximum Gasteiger partial charge on any atom is 0.227 e. The second kappa shape index (κ2) is 8.15. The van der Waals surface area contributed by atoms with E-state index in [2.05, 4.69) is 27.8 Å². The highest BCUT2D eigenvalue weighted by Crippen LogP contribution is 2.32. The maximum atomic E-state index is 12.3. The van der Waals surface area contributed by atoms with Crippen LogP contribution in [0.1, 0.15) is 31.4 Å². The molecule has 1 unspecified atom stereocenters. The fraction of sp³-hybridized carbons (Fsp3) is 0.250. The molecule has 0 aliphatic rings. The van der Waals surface area contributed by atoms with Gasteiger partial charge in [0.2, 0.25) is 5.91 Å². The molecule has 126 valence electrons. The Kier molecular flexibility index (Phi) is 6.21.